The number of aliphatic hydroxyl groups excluding tert-OH is 4. The Morgan fingerprint density at radius 2 is 1.70 bits per heavy atom. The lowest BCUT2D eigenvalue weighted by Gasteiger charge is -2.40. The number of nitro benzene ring substituents is 1. The van der Waals surface area contributed by atoms with Gasteiger partial charge in [-0.15, -0.1) is 0 Å². The van der Waals surface area contributed by atoms with Gasteiger partial charge in [-0.05, 0) is 17.7 Å². The first kappa shape index (κ1) is 14.8. The normalized spacial score (nSPS) is 33.9. The maximum atomic E-state index is 10.6. The van der Waals surface area contributed by atoms with Crippen molar-refractivity contribution in [2.75, 3.05) is 6.61 Å². The van der Waals surface area contributed by atoms with Gasteiger partial charge in [0.05, 0.1) is 11.5 Å². The van der Waals surface area contributed by atoms with Gasteiger partial charge in [-0.25, -0.2) is 0 Å². The van der Waals surface area contributed by atoms with Gasteiger partial charge in [-0.1, -0.05) is 0 Å². The molecule has 4 N–H and O–H groups in total. The average Bonchev–Trinajstić information content (AvgIpc) is 2.45. The van der Waals surface area contributed by atoms with Gasteiger partial charge in [0.25, 0.3) is 5.69 Å². The van der Waals surface area contributed by atoms with Crippen molar-refractivity contribution in [1.29, 1.82) is 0 Å². The van der Waals surface area contributed by atoms with Gasteiger partial charge in [0.15, 0.2) is 0 Å². The summed E-state index contributed by atoms with van der Waals surface area (Å²) >= 11 is 0. The first-order valence-electron chi connectivity index (χ1n) is 6.00. The van der Waals surface area contributed by atoms with E-state index in [-0.39, 0.29) is 5.69 Å². The van der Waals surface area contributed by atoms with Gasteiger partial charge < -0.3 is 25.2 Å². The van der Waals surface area contributed by atoms with Crippen LogP contribution in [0.15, 0.2) is 24.3 Å². The Bertz CT molecular complexity index is 475. The number of non-ortho nitro benzene ring substituents is 1. The first-order valence-corrected chi connectivity index (χ1v) is 6.00. The van der Waals surface area contributed by atoms with Crippen molar-refractivity contribution in [2.24, 2.45) is 0 Å². The lowest BCUT2D eigenvalue weighted by Crippen LogP contribution is -2.55. The quantitative estimate of drug-likeness (QED) is 0.418. The van der Waals surface area contributed by atoms with Gasteiger partial charge in [0.2, 0.25) is 0 Å². The number of benzene rings is 1. The monoisotopic (exact) mass is 285 g/mol. The molecular formula is C12H15NO7. The summed E-state index contributed by atoms with van der Waals surface area (Å²) in [6.07, 6.45) is -6.28. The highest BCUT2D eigenvalue weighted by Crippen LogP contribution is 2.32. The summed E-state index contributed by atoms with van der Waals surface area (Å²) in [5.74, 6) is 0. The van der Waals surface area contributed by atoms with Crippen LogP contribution in [0.1, 0.15) is 11.7 Å². The molecule has 0 aliphatic carbocycles. The van der Waals surface area contributed by atoms with E-state index < -0.39 is 42.1 Å². The maximum absolute atomic E-state index is 10.6. The summed E-state index contributed by atoms with van der Waals surface area (Å²) in [5.41, 5.74) is 0.297. The van der Waals surface area contributed by atoms with Crippen molar-refractivity contribution >= 4 is 5.69 Å². The standard InChI is InChI=1S/C12H15NO7/c14-5-8-9(15)10(16)11(17)12(20-8)6-1-3-7(4-2-6)13(18)19/h1-4,8-12,14-17H,5H2/t8-,9-,10+,11-,12?/m1/s1. The second kappa shape index (κ2) is 5.81. The van der Waals surface area contributed by atoms with Crippen LogP contribution >= 0.6 is 0 Å². The van der Waals surface area contributed by atoms with Gasteiger partial charge >= 0.3 is 0 Å². The zero-order valence-electron chi connectivity index (χ0n) is 10.4. The van der Waals surface area contributed by atoms with Crippen molar-refractivity contribution in [1.82, 2.24) is 0 Å². The Labute approximate surface area is 114 Å². The number of hydrogen-bond acceptors (Lipinski definition) is 7. The number of nitrogens with zero attached hydrogens (tertiary/aromatic N) is 1. The highest BCUT2D eigenvalue weighted by Gasteiger charge is 2.43. The predicted octanol–water partition coefficient (Wildman–Crippen LogP) is -0.890. The fourth-order valence-electron chi connectivity index (χ4n) is 2.16. The van der Waals surface area contributed by atoms with E-state index in [1.165, 1.54) is 24.3 Å². The largest absolute Gasteiger partial charge is 0.394 e. The molecule has 0 amide bonds. The third-order valence-electron chi connectivity index (χ3n) is 3.32. The van der Waals surface area contributed by atoms with Crippen LogP contribution in [0.3, 0.4) is 0 Å². The van der Waals surface area contributed by atoms with E-state index in [0.717, 1.165) is 0 Å². The smallest absolute Gasteiger partial charge is 0.269 e. The Morgan fingerprint density at radius 1 is 1.10 bits per heavy atom. The van der Waals surface area contributed by atoms with Crippen LogP contribution in [-0.4, -0.2) is 56.4 Å². The van der Waals surface area contributed by atoms with Crippen LogP contribution in [0, 0.1) is 10.1 Å². The molecule has 1 saturated heterocycles. The molecular weight excluding hydrogens is 270 g/mol. The molecule has 0 spiro atoms. The Kier molecular flexibility index (Phi) is 4.31. The van der Waals surface area contributed by atoms with Crippen molar-refractivity contribution in [3.63, 3.8) is 0 Å². The summed E-state index contributed by atoms with van der Waals surface area (Å²) in [7, 11) is 0. The molecule has 1 unspecified atom stereocenters. The SMILES string of the molecule is O=[N+]([O-])c1ccc(C2O[C@H](CO)[C@@H](O)[C@H](O)[C@H]2O)cc1. The predicted molar refractivity (Wildman–Crippen MR) is 65.8 cm³/mol. The van der Waals surface area contributed by atoms with Crippen LogP contribution < -0.4 is 0 Å². The van der Waals surface area contributed by atoms with E-state index in [2.05, 4.69) is 0 Å². The molecule has 1 aromatic carbocycles. The van der Waals surface area contributed by atoms with Crippen molar-refractivity contribution in [3.05, 3.63) is 39.9 Å². The fourth-order valence-corrected chi connectivity index (χ4v) is 2.16. The summed E-state index contributed by atoms with van der Waals surface area (Å²) in [4.78, 5) is 10.0. The molecule has 8 heteroatoms. The minimum atomic E-state index is -1.47. The van der Waals surface area contributed by atoms with E-state index in [1.807, 2.05) is 0 Å². The van der Waals surface area contributed by atoms with Crippen LogP contribution in [0.4, 0.5) is 5.69 Å². The van der Waals surface area contributed by atoms with Crippen molar-refractivity contribution < 1.29 is 30.1 Å². The van der Waals surface area contributed by atoms with E-state index >= 15 is 0 Å². The molecule has 0 radical (unpaired) electrons. The van der Waals surface area contributed by atoms with Gasteiger partial charge in [-0.3, -0.25) is 10.1 Å². The van der Waals surface area contributed by atoms with E-state index in [1.54, 1.807) is 0 Å². The first-order chi connectivity index (χ1) is 9.45. The minimum absolute atomic E-state index is 0.113. The van der Waals surface area contributed by atoms with Crippen molar-refractivity contribution in [3.8, 4) is 0 Å². The molecule has 1 aliphatic heterocycles. The summed E-state index contributed by atoms with van der Waals surface area (Å²) in [5, 5.41) is 48.9. The van der Waals surface area contributed by atoms with E-state index in [9.17, 15) is 25.4 Å². The number of hydrogen-bond donors (Lipinski definition) is 4. The highest BCUT2D eigenvalue weighted by atomic mass is 16.6. The van der Waals surface area contributed by atoms with Gasteiger partial charge in [0.1, 0.15) is 30.5 Å². The molecule has 0 saturated carbocycles. The number of ether oxygens (including phenoxy) is 1. The molecule has 0 bridgehead atoms. The molecule has 2 rings (SSSR count). The lowest BCUT2D eigenvalue weighted by molar-refractivity contribution is -0.384. The average molecular weight is 285 g/mol. The number of aliphatic hydroxyl groups is 4. The highest BCUT2D eigenvalue weighted by molar-refractivity contribution is 5.34. The fraction of sp³-hybridized carbons (Fsp3) is 0.500. The van der Waals surface area contributed by atoms with E-state index in [4.69, 9.17) is 9.84 Å². The Hall–Kier alpha value is -1.58. The number of nitro groups is 1. The molecule has 110 valence electrons. The molecule has 20 heavy (non-hydrogen) atoms. The van der Waals surface area contributed by atoms with Gasteiger partial charge in [-0.2, -0.15) is 0 Å². The van der Waals surface area contributed by atoms with Crippen LogP contribution in [0.5, 0.6) is 0 Å². The molecule has 1 heterocycles. The third-order valence-corrected chi connectivity index (χ3v) is 3.32. The molecule has 1 aromatic rings. The Balaban J connectivity index is 2.24. The summed E-state index contributed by atoms with van der Waals surface area (Å²) in [6, 6.07) is 5.28. The summed E-state index contributed by atoms with van der Waals surface area (Å²) < 4.78 is 5.34. The van der Waals surface area contributed by atoms with Crippen LogP contribution in [0.2, 0.25) is 0 Å². The lowest BCUT2D eigenvalue weighted by atomic mass is 9.91. The van der Waals surface area contributed by atoms with E-state index in [0.29, 0.717) is 5.56 Å². The second-order valence-corrected chi connectivity index (χ2v) is 4.60. The molecule has 5 atom stereocenters. The zero-order chi connectivity index (χ0) is 14.9. The molecule has 8 nitrogen and oxygen atoms in total. The van der Waals surface area contributed by atoms with Crippen molar-refractivity contribution in [2.45, 2.75) is 30.5 Å². The topological polar surface area (TPSA) is 133 Å². The molecule has 1 fully saturated rings. The number of rotatable bonds is 3. The molecule has 1 aliphatic rings. The zero-order valence-corrected chi connectivity index (χ0v) is 10.4. The Morgan fingerprint density at radius 3 is 2.20 bits per heavy atom. The molecule has 0 aromatic heterocycles. The minimum Gasteiger partial charge on any atom is -0.394 e. The second-order valence-electron chi connectivity index (χ2n) is 4.60. The summed E-state index contributed by atoms with van der Waals surface area (Å²) in [6.45, 7) is -0.519. The van der Waals surface area contributed by atoms with Crippen LogP contribution in [-0.2, 0) is 4.74 Å². The third kappa shape index (κ3) is 2.65. The van der Waals surface area contributed by atoms with Crippen LogP contribution in [0.25, 0.3) is 0 Å². The van der Waals surface area contributed by atoms with Gasteiger partial charge in [0, 0.05) is 12.1 Å². The maximum Gasteiger partial charge on any atom is 0.269 e.